The van der Waals surface area contributed by atoms with Crippen molar-refractivity contribution in [2.45, 2.75) is 11.0 Å². The first-order valence-corrected chi connectivity index (χ1v) is 11.3. The first-order valence-electron chi connectivity index (χ1n) is 10.0. The Hall–Kier alpha value is -2.67. The number of aromatic nitrogens is 1. The number of aliphatic hydroxyl groups is 1. The van der Waals surface area contributed by atoms with E-state index < -0.39 is 6.10 Å². The van der Waals surface area contributed by atoms with Crippen LogP contribution in [0, 0.1) is 0 Å². The van der Waals surface area contributed by atoms with E-state index in [-0.39, 0.29) is 6.61 Å². The van der Waals surface area contributed by atoms with Crippen molar-refractivity contribution in [2.75, 3.05) is 32.6 Å². The van der Waals surface area contributed by atoms with Crippen LogP contribution in [0.2, 0.25) is 0 Å². The van der Waals surface area contributed by atoms with Gasteiger partial charge in [-0.2, -0.15) is 0 Å². The molecule has 0 radical (unpaired) electrons. The lowest BCUT2D eigenvalue weighted by molar-refractivity contribution is 0.106. The number of aliphatic hydroxyl groups excluding tert-OH is 1. The summed E-state index contributed by atoms with van der Waals surface area (Å²) in [7, 11) is 0. The number of benzene rings is 3. The van der Waals surface area contributed by atoms with Gasteiger partial charge in [0.25, 0.3) is 0 Å². The molecular formula is C24H26N2O3S. The molecule has 0 saturated carbocycles. The number of hydrogen-bond acceptors (Lipinski definition) is 5. The van der Waals surface area contributed by atoms with Crippen LogP contribution in [0.3, 0.4) is 0 Å². The SMILES string of the molecule is CSc1ccccc1OCCNCC(O)COc1cccc2[nH]c3ccccc3c12. The van der Waals surface area contributed by atoms with E-state index in [2.05, 4.69) is 22.4 Å². The zero-order chi connectivity index (χ0) is 20.8. The number of thioether (sulfide) groups is 1. The first-order chi connectivity index (χ1) is 14.8. The quantitative estimate of drug-likeness (QED) is 0.260. The second kappa shape index (κ2) is 9.89. The molecule has 0 spiro atoms. The van der Waals surface area contributed by atoms with E-state index >= 15 is 0 Å². The van der Waals surface area contributed by atoms with E-state index in [1.54, 1.807) is 11.8 Å². The molecule has 156 valence electrons. The third-order valence-corrected chi connectivity index (χ3v) is 5.69. The van der Waals surface area contributed by atoms with Crippen LogP contribution in [-0.4, -0.2) is 48.8 Å². The number of hydrogen-bond donors (Lipinski definition) is 3. The molecule has 0 aliphatic carbocycles. The van der Waals surface area contributed by atoms with E-state index in [1.165, 1.54) is 0 Å². The maximum Gasteiger partial charge on any atom is 0.132 e. The molecule has 3 aromatic carbocycles. The highest BCUT2D eigenvalue weighted by molar-refractivity contribution is 7.98. The fourth-order valence-electron chi connectivity index (χ4n) is 3.47. The van der Waals surface area contributed by atoms with Gasteiger partial charge in [-0.1, -0.05) is 36.4 Å². The number of rotatable bonds is 10. The summed E-state index contributed by atoms with van der Waals surface area (Å²) in [6.45, 7) is 1.86. The lowest BCUT2D eigenvalue weighted by Crippen LogP contribution is -2.33. The fourth-order valence-corrected chi connectivity index (χ4v) is 4.02. The Morgan fingerprint density at radius 3 is 2.60 bits per heavy atom. The van der Waals surface area contributed by atoms with Crippen LogP contribution in [0.15, 0.2) is 71.6 Å². The molecule has 0 saturated heterocycles. The third kappa shape index (κ3) is 4.73. The van der Waals surface area contributed by atoms with Crippen molar-refractivity contribution in [2.24, 2.45) is 0 Å². The molecule has 1 atom stereocenters. The highest BCUT2D eigenvalue weighted by atomic mass is 32.2. The van der Waals surface area contributed by atoms with Crippen molar-refractivity contribution in [3.8, 4) is 11.5 Å². The average Bonchev–Trinajstić information content (AvgIpc) is 3.17. The summed E-state index contributed by atoms with van der Waals surface area (Å²) < 4.78 is 11.8. The van der Waals surface area contributed by atoms with Crippen LogP contribution in [0.4, 0.5) is 0 Å². The lowest BCUT2D eigenvalue weighted by Gasteiger charge is -2.15. The van der Waals surface area contributed by atoms with Gasteiger partial charge in [0.05, 0.1) is 5.52 Å². The van der Waals surface area contributed by atoms with Crippen LogP contribution >= 0.6 is 11.8 Å². The maximum atomic E-state index is 10.3. The molecule has 30 heavy (non-hydrogen) atoms. The summed E-state index contributed by atoms with van der Waals surface area (Å²) in [6.07, 6.45) is 1.43. The van der Waals surface area contributed by atoms with Crippen molar-refractivity contribution in [3.63, 3.8) is 0 Å². The highest BCUT2D eigenvalue weighted by Gasteiger charge is 2.11. The van der Waals surface area contributed by atoms with Gasteiger partial charge in [-0.25, -0.2) is 0 Å². The van der Waals surface area contributed by atoms with Gasteiger partial charge in [0.2, 0.25) is 0 Å². The molecule has 0 aliphatic heterocycles. The van der Waals surface area contributed by atoms with Crippen LogP contribution in [-0.2, 0) is 0 Å². The van der Waals surface area contributed by atoms with Gasteiger partial charge < -0.3 is 24.9 Å². The largest absolute Gasteiger partial charge is 0.491 e. The number of ether oxygens (including phenoxy) is 2. The summed E-state index contributed by atoms with van der Waals surface area (Å²) in [5, 5.41) is 15.7. The summed E-state index contributed by atoms with van der Waals surface area (Å²) in [6, 6.07) is 22.1. The van der Waals surface area contributed by atoms with Crippen molar-refractivity contribution in [1.82, 2.24) is 10.3 Å². The summed E-state index contributed by atoms with van der Waals surface area (Å²) in [5.74, 6) is 1.67. The van der Waals surface area contributed by atoms with Crippen molar-refractivity contribution < 1.29 is 14.6 Å². The predicted molar refractivity (Wildman–Crippen MR) is 124 cm³/mol. The van der Waals surface area contributed by atoms with E-state index in [0.29, 0.717) is 19.7 Å². The normalized spacial score (nSPS) is 12.3. The Labute approximate surface area is 180 Å². The van der Waals surface area contributed by atoms with Gasteiger partial charge >= 0.3 is 0 Å². The Morgan fingerprint density at radius 2 is 1.70 bits per heavy atom. The smallest absolute Gasteiger partial charge is 0.132 e. The summed E-state index contributed by atoms with van der Waals surface area (Å²) >= 11 is 1.67. The third-order valence-electron chi connectivity index (χ3n) is 4.91. The zero-order valence-corrected chi connectivity index (χ0v) is 17.7. The molecule has 4 rings (SSSR count). The van der Waals surface area contributed by atoms with E-state index in [4.69, 9.17) is 9.47 Å². The van der Waals surface area contributed by atoms with Gasteiger partial charge in [0.1, 0.15) is 30.8 Å². The second-order valence-corrected chi connectivity index (χ2v) is 7.87. The Bertz CT molecular complexity index is 1110. The molecule has 0 aliphatic rings. The molecule has 6 heteroatoms. The lowest BCUT2D eigenvalue weighted by atomic mass is 10.1. The number of nitrogens with one attached hydrogen (secondary N) is 2. The Balaban J connectivity index is 1.26. The number of H-pyrrole nitrogens is 1. The molecule has 3 N–H and O–H groups in total. The van der Waals surface area contributed by atoms with E-state index in [1.807, 2.05) is 60.9 Å². The van der Waals surface area contributed by atoms with Gasteiger partial charge in [-0.05, 0) is 36.6 Å². The minimum atomic E-state index is -0.607. The van der Waals surface area contributed by atoms with Crippen molar-refractivity contribution in [1.29, 1.82) is 0 Å². The molecule has 1 heterocycles. The summed E-state index contributed by atoms with van der Waals surface area (Å²) in [5.41, 5.74) is 2.11. The monoisotopic (exact) mass is 422 g/mol. The molecular weight excluding hydrogens is 396 g/mol. The van der Waals surface area contributed by atoms with Crippen molar-refractivity contribution in [3.05, 3.63) is 66.7 Å². The molecule has 0 fully saturated rings. The molecule has 4 aromatic rings. The number of fused-ring (bicyclic) bond motifs is 3. The predicted octanol–water partition coefficient (Wildman–Crippen LogP) is 4.45. The van der Waals surface area contributed by atoms with Crippen LogP contribution in [0.1, 0.15) is 0 Å². The van der Waals surface area contributed by atoms with Crippen LogP contribution in [0.25, 0.3) is 21.8 Å². The Morgan fingerprint density at radius 1 is 0.933 bits per heavy atom. The van der Waals surface area contributed by atoms with Gasteiger partial charge in [0, 0.05) is 34.3 Å². The van der Waals surface area contributed by atoms with Gasteiger partial charge in [0.15, 0.2) is 0 Å². The summed E-state index contributed by atoms with van der Waals surface area (Å²) in [4.78, 5) is 4.53. The highest BCUT2D eigenvalue weighted by Crippen LogP contribution is 2.33. The average molecular weight is 423 g/mol. The minimum absolute atomic E-state index is 0.224. The molecule has 0 amide bonds. The zero-order valence-electron chi connectivity index (χ0n) is 16.9. The van der Waals surface area contributed by atoms with E-state index in [0.717, 1.165) is 38.2 Å². The standard InChI is InChI=1S/C24H26N2O3S/c1-30-23-12-5-4-10-21(23)28-14-13-25-15-17(27)16-29-22-11-6-9-20-24(22)18-7-2-3-8-19(18)26-20/h2-12,17,25-27H,13-16H2,1H3. The molecule has 0 bridgehead atoms. The second-order valence-electron chi connectivity index (χ2n) is 7.02. The molecule has 5 nitrogen and oxygen atoms in total. The number of para-hydroxylation sites is 2. The van der Waals surface area contributed by atoms with Crippen LogP contribution < -0.4 is 14.8 Å². The van der Waals surface area contributed by atoms with Crippen LogP contribution in [0.5, 0.6) is 11.5 Å². The van der Waals surface area contributed by atoms with Crippen molar-refractivity contribution >= 4 is 33.6 Å². The van der Waals surface area contributed by atoms with E-state index in [9.17, 15) is 5.11 Å². The first kappa shape index (κ1) is 20.6. The van der Waals surface area contributed by atoms with Gasteiger partial charge in [-0.3, -0.25) is 0 Å². The molecule has 1 aromatic heterocycles. The minimum Gasteiger partial charge on any atom is -0.491 e. The fraction of sp³-hybridized carbons (Fsp3) is 0.250. The van der Waals surface area contributed by atoms with Gasteiger partial charge in [-0.15, -0.1) is 11.8 Å². The maximum absolute atomic E-state index is 10.3. The Kier molecular flexibility index (Phi) is 6.79. The number of aromatic amines is 1. The molecule has 1 unspecified atom stereocenters. The topological polar surface area (TPSA) is 66.5 Å².